The van der Waals surface area contributed by atoms with E-state index in [2.05, 4.69) is 29.0 Å². The third-order valence-corrected chi connectivity index (χ3v) is 4.55. The topological polar surface area (TPSA) is 50.3 Å². The van der Waals surface area contributed by atoms with Crippen LogP contribution in [0.4, 0.5) is 5.95 Å². The first-order valence-corrected chi connectivity index (χ1v) is 8.21. The molecule has 2 unspecified atom stereocenters. The number of nitrogens with zero attached hydrogens (tertiary/aromatic N) is 3. The second-order valence-corrected chi connectivity index (χ2v) is 6.06. The van der Waals surface area contributed by atoms with Crippen LogP contribution in [0.1, 0.15) is 43.9 Å². The first kappa shape index (κ1) is 14.7. The number of fused-ring (bicyclic) bond motifs is 1. The van der Waals surface area contributed by atoms with Crippen molar-refractivity contribution in [3.05, 3.63) is 17.5 Å². The van der Waals surface area contributed by atoms with E-state index in [-0.39, 0.29) is 0 Å². The Labute approximate surface area is 127 Å². The van der Waals surface area contributed by atoms with Gasteiger partial charge in [-0.15, -0.1) is 0 Å². The van der Waals surface area contributed by atoms with Gasteiger partial charge < -0.3 is 15.0 Å². The molecule has 0 radical (unpaired) electrons. The van der Waals surface area contributed by atoms with Crippen molar-refractivity contribution in [1.29, 1.82) is 0 Å². The predicted molar refractivity (Wildman–Crippen MR) is 83.5 cm³/mol. The quantitative estimate of drug-likeness (QED) is 0.841. The van der Waals surface area contributed by atoms with Gasteiger partial charge in [-0.05, 0) is 39.2 Å². The van der Waals surface area contributed by atoms with Crippen LogP contribution >= 0.6 is 0 Å². The second-order valence-electron chi connectivity index (χ2n) is 6.06. The van der Waals surface area contributed by atoms with E-state index in [0.29, 0.717) is 12.1 Å². The van der Waals surface area contributed by atoms with E-state index >= 15 is 0 Å². The van der Waals surface area contributed by atoms with Gasteiger partial charge in [0.15, 0.2) is 0 Å². The average Bonchev–Trinajstić information content (AvgIpc) is 2.97. The zero-order valence-electron chi connectivity index (χ0n) is 13.1. The number of hydrogen-bond acceptors (Lipinski definition) is 5. The molecule has 2 heterocycles. The van der Waals surface area contributed by atoms with E-state index in [1.807, 2.05) is 6.20 Å². The van der Waals surface area contributed by atoms with Crippen molar-refractivity contribution in [2.45, 2.75) is 58.2 Å². The highest BCUT2D eigenvalue weighted by Crippen LogP contribution is 2.31. The van der Waals surface area contributed by atoms with Crippen molar-refractivity contribution in [3.8, 4) is 0 Å². The Kier molecular flexibility index (Phi) is 4.70. The number of nitrogens with one attached hydrogen (secondary N) is 1. The fourth-order valence-corrected chi connectivity index (χ4v) is 3.37. The molecule has 5 nitrogen and oxygen atoms in total. The number of aryl methyl sites for hydroxylation is 1. The Morgan fingerprint density at radius 2 is 2.33 bits per heavy atom. The number of ether oxygens (including phenoxy) is 1. The fraction of sp³-hybridized carbons (Fsp3) is 0.750. The lowest BCUT2D eigenvalue weighted by Gasteiger charge is -2.37. The maximum absolute atomic E-state index is 5.87. The number of aromatic nitrogens is 2. The normalized spacial score (nSPS) is 25.1. The standard InChI is InChI=1S/C16H26N4O/c1-3-7-17-10-13-11-18-16(19-12(13)2)20-8-9-21-15-6-4-5-14(15)20/h11,14-15,17H,3-10H2,1-2H3. The van der Waals surface area contributed by atoms with Crippen LogP contribution < -0.4 is 10.2 Å². The van der Waals surface area contributed by atoms with Gasteiger partial charge in [-0.1, -0.05) is 6.92 Å². The van der Waals surface area contributed by atoms with Gasteiger partial charge in [0.1, 0.15) is 0 Å². The predicted octanol–water partition coefficient (Wildman–Crippen LogP) is 2.04. The lowest BCUT2D eigenvalue weighted by molar-refractivity contribution is 0.0249. The first-order valence-electron chi connectivity index (χ1n) is 8.21. The summed E-state index contributed by atoms with van der Waals surface area (Å²) in [5, 5.41) is 3.41. The molecule has 116 valence electrons. The van der Waals surface area contributed by atoms with Crippen molar-refractivity contribution in [2.75, 3.05) is 24.6 Å². The molecular weight excluding hydrogens is 264 g/mol. The van der Waals surface area contributed by atoms with Gasteiger partial charge in [-0.25, -0.2) is 9.97 Å². The van der Waals surface area contributed by atoms with Crippen LogP contribution in [0.25, 0.3) is 0 Å². The van der Waals surface area contributed by atoms with Crippen molar-refractivity contribution in [1.82, 2.24) is 15.3 Å². The Hall–Kier alpha value is -1.20. The lowest BCUT2D eigenvalue weighted by atomic mass is 10.1. The molecule has 2 aliphatic rings. The Morgan fingerprint density at radius 3 is 3.14 bits per heavy atom. The molecule has 1 N–H and O–H groups in total. The van der Waals surface area contributed by atoms with Gasteiger partial charge in [-0.3, -0.25) is 0 Å². The minimum absolute atomic E-state index is 0.383. The fourth-order valence-electron chi connectivity index (χ4n) is 3.37. The van der Waals surface area contributed by atoms with Gasteiger partial charge in [0.25, 0.3) is 0 Å². The molecule has 0 aromatic carbocycles. The van der Waals surface area contributed by atoms with E-state index in [1.54, 1.807) is 0 Å². The minimum Gasteiger partial charge on any atom is -0.374 e. The summed E-state index contributed by atoms with van der Waals surface area (Å²) < 4.78 is 5.87. The number of morpholine rings is 1. The van der Waals surface area contributed by atoms with Gasteiger partial charge in [0, 0.05) is 30.5 Å². The Balaban J connectivity index is 1.72. The Bertz CT molecular complexity index is 479. The number of hydrogen-bond donors (Lipinski definition) is 1. The van der Waals surface area contributed by atoms with E-state index in [9.17, 15) is 0 Å². The van der Waals surface area contributed by atoms with Crippen molar-refractivity contribution in [3.63, 3.8) is 0 Å². The van der Waals surface area contributed by atoms with Crippen LogP contribution in [-0.2, 0) is 11.3 Å². The molecule has 1 saturated carbocycles. The smallest absolute Gasteiger partial charge is 0.225 e. The third-order valence-electron chi connectivity index (χ3n) is 4.55. The summed E-state index contributed by atoms with van der Waals surface area (Å²) >= 11 is 0. The molecule has 1 aromatic heterocycles. The minimum atomic E-state index is 0.383. The highest BCUT2D eigenvalue weighted by atomic mass is 16.5. The largest absolute Gasteiger partial charge is 0.374 e. The summed E-state index contributed by atoms with van der Waals surface area (Å²) in [4.78, 5) is 11.7. The van der Waals surface area contributed by atoms with Crippen LogP contribution in [0.5, 0.6) is 0 Å². The molecule has 0 amide bonds. The molecule has 1 saturated heterocycles. The molecule has 2 fully saturated rings. The first-order chi connectivity index (χ1) is 10.3. The molecule has 5 heteroatoms. The van der Waals surface area contributed by atoms with Crippen LogP contribution in [0, 0.1) is 6.92 Å². The molecule has 3 rings (SSSR count). The molecule has 1 aliphatic carbocycles. The molecule has 1 aliphatic heterocycles. The maximum Gasteiger partial charge on any atom is 0.225 e. The highest BCUT2D eigenvalue weighted by Gasteiger charge is 2.37. The van der Waals surface area contributed by atoms with Gasteiger partial charge in [0.2, 0.25) is 5.95 Å². The van der Waals surface area contributed by atoms with Crippen molar-refractivity contribution < 1.29 is 4.74 Å². The zero-order valence-corrected chi connectivity index (χ0v) is 13.1. The monoisotopic (exact) mass is 290 g/mol. The van der Waals surface area contributed by atoms with Gasteiger partial charge in [-0.2, -0.15) is 0 Å². The molecule has 0 spiro atoms. The summed E-state index contributed by atoms with van der Waals surface area (Å²) in [5.74, 6) is 0.881. The molecule has 21 heavy (non-hydrogen) atoms. The maximum atomic E-state index is 5.87. The number of rotatable bonds is 5. The Morgan fingerprint density at radius 1 is 1.43 bits per heavy atom. The summed E-state index contributed by atoms with van der Waals surface area (Å²) in [7, 11) is 0. The number of anilines is 1. The van der Waals surface area contributed by atoms with Crippen LogP contribution in [0.15, 0.2) is 6.20 Å². The summed E-state index contributed by atoms with van der Waals surface area (Å²) in [6.45, 7) is 7.86. The molecular formula is C16H26N4O. The van der Waals surface area contributed by atoms with Crippen LogP contribution in [-0.4, -0.2) is 41.8 Å². The molecule has 0 bridgehead atoms. The van der Waals surface area contributed by atoms with E-state index in [4.69, 9.17) is 9.72 Å². The van der Waals surface area contributed by atoms with E-state index in [1.165, 1.54) is 24.8 Å². The van der Waals surface area contributed by atoms with Crippen LogP contribution in [0.3, 0.4) is 0 Å². The van der Waals surface area contributed by atoms with Crippen molar-refractivity contribution >= 4 is 5.95 Å². The summed E-state index contributed by atoms with van der Waals surface area (Å²) in [6, 6.07) is 0.474. The van der Waals surface area contributed by atoms with Gasteiger partial charge >= 0.3 is 0 Å². The zero-order chi connectivity index (χ0) is 14.7. The highest BCUT2D eigenvalue weighted by molar-refractivity contribution is 5.36. The molecule has 2 atom stereocenters. The third kappa shape index (κ3) is 3.19. The van der Waals surface area contributed by atoms with Gasteiger partial charge in [0.05, 0.1) is 18.8 Å². The summed E-state index contributed by atoms with van der Waals surface area (Å²) in [6.07, 6.45) is 7.15. The van der Waals surface area contributed by atoms with E-state index in [0.717, 1.165) is 44.3 Å². The lowest BCUT2D eigenvalue weighted by Crippen LogP contribution is -2.49. The van der Waals surface area contributed by atoms with Crippen LogP contribution in [0.2, 0.25) is 0 Å². The molecule has 1 aromatic rings. The van der Waals surface area contributed by atoms with E-state index < -0.39 is 0 Å². The summed E-state index contributed by atoms with van der Waals surface area (Å²) in [5.41, 5.74) is 2.29. The second kappa shape index (κ2) is 6.71. The SMILES string of the molecule is CCCNCc1cnc(N2CCOC3CCCC32)nc1C. The van der Waals surface area contributed by atoms with Crippen molar-refractivity contribution in [2.24, 2.45) is 0 Å². The average molecular weight is 290 g/mol.